The van der Waals surface area contributed by atoms with Crippen LogP contribution in [0, 0.1) is 12.3 Å². The first kappa shape index (κ1) is 12.2. The predicted octanol–water partition coefficient (Wildman–Crippen LogP) is 1.67. The monoisotopic (exact) mass is 222 g/mol. The van der Waals surface area contributed by atoms with Crippen LogP contribution in [-0.2, 0) is 4.74 Å². The highest BCUT2D eigenvalue weighted by Crippen LogP contribution is 2.36. The minimum absolute atomic E-state index is 0.129. The van der Waals surface area contributed by atoms with Crippen LogP contribution in [0.1, 0.15) is 5.56 Å². The first-order valence-electron chi connectivity index (χ1n) is 4.61. The SMILES string of the molecule is C#Cc1c(OCOC)ccc(OC)c1OC. The van der Waals surface area contributed by atoms with Crippen LogP contribution in [0.2, 0.25) is 0 Å². The van der Waals surface area contributed by atoms with Gasteiger partial charge >= 0.3 is 0 Å². The van der Waals surface area contributed by atoms with Gasteiger partial charge in [-0.15, -0.1) is 6.42 Å². The van der Waals surface area contributed by atoms with Gasteiger partial charge in [0.1, 0.15) is 11.3 Å². The molecule has 4 nitrogen and oxygen atoms in total. The summed E-state index contributed by atoms with van der Waals surface area (Å²) >= 11 is 0. The van der Waals surface area contributed by atoms with Crippen molar-refractivity contribution in [2.45, 2.75) is 0 Å². The minimum atomic E-state index is 0.129. The lowest BCUT2D eigenvalue weighted by Gasteiger charge is -2.13. The summed E-state index contributed by atoms with van der Waals surface area (Å²) in [7, 11) is 4.61. The quantitative estimate of drug-likeness (QED) is 0.561. The highest BCUT2D eigenvalue weighted by Gasteiger charge is 2.14. The van der Waals surface area contributed by atoms with E-state index in [2.05, 4.69) is 5.92 Å². The molecule has 0 atom stereocenters. The summed E-state index contributed by atoms with van der Waals surface area (Å²) in [5.41, 5.74) is 0.513. The van der Waals surface area contributed by atoms with E-state index < -0.39 is 0 Å². The third-order valence-electron chi connectivity index (χ3n) is 1.98. The number of ether oxygens (including phenoxy) is 4. The molecule has 0 amide bonds. The van der Waals surface area contributed by atoms with Crippen LogP contribution >= 0.6 is 0 Å². The molecule has 86 valence electrons. The van der Waals surface area contributed by atoms with Crippen molar-refractivity contribution in [2.24, 2.45) is 0 Å². The summed E-state index contributed by atoms with van der Waals surface area (Å²) in [6.45, 7) is 0.129. The average molecular weight is 222 g/mol. The maximum absolute atomic E-state index is 5.42. The van der Waals surface area contributed by atoms with Crippen molar-refractivity contribution < 1.29 is 18.9 Å². The van der Waals surface area contributed by atoms with Crippen molar-refractivity contribution in [2.75, 3.05) is 28.1 Å². The lowest BCUT2D eigenvalue weighted by atomic mass is 10.1. The van der Waals surface area contributed by atoms with Crippen molar-refractivity contribution in [1.82, 2.24) is 0 Å². The van der Waals surface area contributed by atoms with Crippen molar-refractivity contribution in [1.29, 1.82) is 0 Å². The molecule has 0 bridgehead atoms. The lowest BCUT2D eigenvalue weighted by Crippen LogP contribution is -2.02. The highest BCUT2D eigenvalue weighted by atomic mass is 16.7. The van der Waals surface area contributed by atoms with Gasteiger partial charge in [0.25, 0.3) is 0 Å². The largest absolute Gasteiger partial charge is 0.493 e. The Balaban J connectivity index is 3.16. The van der Waals surface area contributed by atoms with Gasteiger partial charge in [-0.2, -0.15) is 0 Å². The summed E-state index contributed by atoms with van der Waals surface area (Å²) in [6.07, 6.45) is 5.42. The first-order valence-corrected chi connectivity index (χ1v) is 4.61. The Morgan fingerprint density at radius 3 is 2.31 bits per heavy atom. The maximum atomic E-state index is 5.42. The fourth-order valence-corrected chi connectivity index (χ4v) is 1.29. The standard InChI is InChI=1S/C12H14O4/c1-5-9-10(16-8-13-2)6-7-11(14-3)12(9)15-4/h1,6-7H,8H2,2-4H3. The lowest BCUT2D eigenvalue weighted by molar-refractivity contribution is 0.0507. The zero-order valence-electron chi connectivity index (χ0n) is 9.57. The molecular formula is C12H14O4. The van der Waals surface area contributed by atoms with Gasteiger partial charge in [-0.25, -0.2) is 0 Å². The van der Waals surface area contributed by atoms with Crippen LogP contribution in [0.5, 0.6) is 17.2 Å². The van der Waals surface area contributed by atoms with E-state index in [9.17, 15) is 0 Å². The van der Waals surface area contributed by atoms with Gasteiger partial charge in [-0.05, 0) is 12.1 Å². The first-order chi connectivity index (χ1) is 7.78. The van der Waals surface area contributed by atoms with Crippen LogP contribution in [0.15, 0.2) is 12.1 Å². The van der Waals surface area contributed by atoms with Crippen LogP contribution < -0.4 is 14.2 Å². The maximum Gasteiger partial charge on any atom is 0.188 e. The molecule has 0 aliphatic heterocycles. The molecule has 16 heavy (non-hydrogen) atoms. The fraction of sp³-hybridized carbons (Fsp3) is 0.333. The Morgan fingerprint density at radius 1 is 1.12 bits per heavy atom. The van der Waals surface area contributed by atoms with E-state index in [0.29, 0.717) is 22.8 Å². The number of methoxy groups -OCH3 is 3. The zero-order chi connectivity index (χ0) is 12.0. The Bertz CT molecular complexity index is 393. The zero-order valence-corrected chi connectivity index (χ0v) is 9.57. The van der Waals surface area contributed by atoms with Crippen LogP contribution in [0.3, 0.4) is 0 Å². The van der Waals surface area contributed by atoms with Gasteiger partial charge in [-0.3, -0.25) is 0 Å². The number of benzene rings is 1. The van der Waals surface area contributed by atoms with Crippen molar-refractivity contribution in [3.8, 4) is 29.6 Å². The summed E-state index contributed by atoms with van der Waals surface area (Å²) < 4.78 is 20.5. The molecule has 0 saturated heterocycles. The molecule has 0 aliphatic rings. The van der Waals surface area contributed by atoms with Crippen molar-refractivity contribution >= 4 is 0 Å². The Kier molecular flexibility index (Phi) is 4.49. The average Bonchev–Trinajstić information content (AvgIpc) is 2.34. The molecule has 0 aromatic heterocycles. The van der Waals surface area contributed by atoms with E-state index in [1.807, 2.05) is 0 Å². The van der Waals surface area contributed by atoms with Crippen molar-refractivity contribution in [3.63, 3.8) is 0 Å². The Hall–Kier alpha value is -1.86. The molecule has 0 unspecified atom stereocenters. The van der Waals surface area contributed by atoms with Gasteiger partial charge in [0.05, 0.1) is 14.2 Å². The van der Waals surface area contributed by atoms with Crippen LogP contribution in [0.4, 0.5) is 0 Å². The van der Waals surface area contributed by atoms with Crippen LogP contribution in [-0.4, -0.2) is 28.1 Å². The molecule has 1 aromatic rings. The van der Waals surface area contributed by atoms with E-state index in [0.717, 1.165) is 0 Å². The fourth-order valence-electron chi connectivity index (χ4n) is 1.29. The molecule has 4 heteroatoms. The molecular weight excluding hydrogens is 208 g/mol. The van der Waals surface area contributed by atoms with E-state index in [1.54, 1.807) is 19.2 Å². The van der Waals surface area contributed by atoms with Crippen LogP contribution in [0.25, 0.3) is 0 Å². The number of hydrogen-bond acceptors (Lipinski definition) is 4. The Morgan fingerprint density at radius 2 is 1.81 bits per heavy atom. The minimum Gasteiger partial charge on any atom is -0.493 e. The predicted molar refractivity (Wildman–Crippen MR) is 60.0 cm³/mol. The second-order valence-corrected chi connectivity index (χ2v) is 2.87. The van der Waals surface area contributed by atoms with E-state index in [4.69, 9.17) is 25.4 Å². The highest BCUT2D eigenvalue weighted by molar-refractivity contribution is 5.60. The summed E-state index contributed by atoms with van der Waals surface area (Å²) in [4.78, 5) is 0. The number of terminal acetylenes is 1. The van der Waals surface area contributed by atoms with E-state index in [1.165, 1.54) is 14.2 Å². The summed E-state index contributed by atoms with van der Waals surface area (Å²) in [5.74, 6) is 4.10. The number of hydrogen-bond donors (Lipinski definition) is 0. The molecule has 0 spiro atoms. The normalized spacial score (nSPS) is 9.38. The topological polar surface area (TPSA) is 36.9 Å². The van der Waals surface area contributed by atoms with Gasteiger partial charge in [0, 0.05) is 7.11 Å². The second kappa shape index (κ2) is 5.89. The van der Waals surface area contributed by atoms with Crippen molar-refractivity contribution in [3.05, 3.63) is 17.7 Å². The third-order valence-corrected chi connectivity index (χ3v) is 1.98. The molecule has 0 fully saturated rings. The number of rotatable bonds is 5. The molecule has 1 rings (SSSR count). The Labute approximate surface area is 95.1 Å². The molecule has 0 radical (unpaired) electrons. The second-order valence-electron chi connectivity index (χ2n) is 2.87. The smallest absolute Gasteiger partial charge is 0.188 e. The van der Waals surface area contributed by atoms with E-state index in [-0.39, 0.29) is 6.79 Å². The molecule has 0 aliphatic carbocycles. The van der Waals surface area contributed by atoms with Gasteiger partial charge in [-0.1, -0.05) is 5.92 Å². The third kappa shape index (κ3) is 2.38. The summed E-state index contributed by atoms with van der Waals surface area (Å²) in [6, 6.07) is 3.44. The molecule has 0 N–H and O–H groups in total. The molecule has 1 aromatic carbocycles. The molecule has 0 saturated carbocycles. The van der Waals surface area contributed by atoms with E-state index >= 15 is 0 Å². The van der Waals surface area contributed by atoms with Gasteiger partial charge in [0.15, 0.2) is 18.3 Å². The summed E-state index contributed by atoms with van der Waals surface area (Å²) in [5, 5.41) is 0. The van der Waals surface area contributed by atoms with Gasteiger partial charge < -0.3 is 18.9 Å². The van der Waals surface area contributed by atoms with Gasteiger partial charge in [0.2, 0.25) is 0 Å². The molecule has 0 heterocycles.